The summed E-state index contributed by atoms with van der Waals surface area (Å²) in [4.78, 5) is 12.0. The third kappa shape index (κ3) is 4.15. The van der Waals surface area contributed by atoms with E-state index < -0.39 is 0 Å². The summed E-state index contributed by atoms with van der Waals surface area (Å²) in [7, 11) is 0. The van der Waals surface area contributed by atoms with Gasteiger partial charge in [-0.05, 0) is 41.8 Å². The summed E-state index contributed by atoms with van der Waals surface area (Å²) in [5, 5.41) is 3.36. The summed E-state index contributed by atoms with van der Waals surface area (Å²) >= 11 is 1.72. The van der Waals surface area contributed by atoms with Gasteiger partial charge in [0.05, 0.1) is 0 Å². The topological polar surface area (TPSA) is 43.1 Å². The van der Waals surface area contributed by atoms with Crippen molar-refractivity contribution in [3.8, 4) is 0 Å². The molecule has 0 unspecified atom stereocenters. The lowest BCUT2D eigenvalue weighted by molar-refractivity contribution is -0.118. The predicted molar refractivity (Wildman–Crippen MR) is 82.7 cm³/mol. The Hall–Kier alpha value is -1.19. The fraction of sp³-hybridized carbons (Fsp3) is 0.438. The van der Waals surface area contributed by atoms with Gasteiger partial charge in [-0.3, -0.25) is 4.79 Å². The zero-order valence-corrected chi connectivity index (χ0v) is 12.0. The first-order valence-electron chi connectivity index (χ1n) is 6.98. The number of Topliss-reactive ketones (excluding diaryl/α,β-unsaturated/α-hetero) is 1. The van der Waals surface area contributed by atoms with Gasteiger partial charge in [0.2, 0.25) is 0 Å². The van der Waals surface area contributed by atoms with E-state index in [0.29, 0.717) is 18.6 Å². The van der Waals surface area contributed by atoms with E-state index in [4.69, 9.17) is 5.73 Å². The number of carbonyl (C=O) groups is 1. The standard InChI is InChI=1S/C16H21NOS/c17-10-6-2-1-3-7-14(18)11-13-12-19-16-9-5-4-8-15(13)16/h4-5,8-9,12H,1-3,6-7,10-11,17H2. The molecular weight excluding hydrogens is 254 g/mol. The van der Waals surface area contributed by atoms with Crippen LogP contribution in [0, 0.1) is 0 Å². The highest BCUT2D eigenvalue weighted by molar-refractivity contribution is 7.17. The minimum atomic E-state index is 0.358. The summed E-state index contributed by atoms with van der Waals surface area (Å²) in [5.41, 5.74) is 6.64. The smallest absolute Gasteiger partial charge is 0.137 e. The number of nitrogens with two attached hydrogens (primary N) is 1. The number of carbonyl (C=O) groups excluding carboxylic acids is 1. The summed E-state index contributed by atoms with van der Waals surface area (Å²) in [6, 6.07) is 8.30. The molecule has 0 radical (unpaired) electrons. The van der Waals surface area contributed by atoms with E-state index in [1.165, 1.54) is 15.6 Å². The Kier molecular flexibility index (Phi) is 5.55. The molecule has 0 bridgehead atoms. The highest BCUT2D eigenvalue weighted by atomic mass is 32.1. The van der Waals surface area contributed by atoms with E-state index in [1.54, 1.807) is 11.3 Å². The van der Waals surface area contributed by atoms with E-state index in [1.807, 2.05) is 12.1 Å². The molecule has 0 atom stereocenters. The number of ketones is 1. The van der Waals surface area contributed by atoms with E-state index in [-0.39, 0.29) is 0 Å². The van der Waals surface area contributed by atoms with Gasteiger partial charge in [0.25, 0.3) is 0 Å². The lowest BCUT2D eigenvalue weighted by atomic mass is 10.0. The van der Waals surface area contributed by atoms with Crippen molar-refractivity contribution in [1.82, 2.24) is 0 Å². The van der Waals surface area contributed by atoms with Gasteiger partial charge in [0.15, 0.2) is 0 Å². The van der Waals surface area contributed by atoms with Crippen molar-refractivity contribution in [2.24, 2.45) is 5.73 Å². The number of thiophene rings is 1. The Bertz CT molecular complexity index is 532. The van der Waals surface area contributed by atoms with E-state index in [0.717, 1.165) is 32.2 Å². The molecule has 0 aliphatic carbocycles. The monoisotopic (exact) mass is 275 g/mol. The highest BCUT2D eigenvalue weighted by Gasteiger charge is 2.08. The number of benzene rings is 1. The fourth-order valence-corrected chi connectivity index (χ4v) is 3.25. The van der Waals surface area contributed by atoms with Gasteiger partial charge in [-0.15, -0.1) is 11.3 Å². The Balaban J connectivity index is 1.82. The summed E-state index contributed by atoms with van der Waals surface area (Å²) in [6.07, 6.45) is 5.62. The maximum absolute atomic E-state index is 12.0. The quantitative estimate of drug-likeness (QED) is 0.742. The molecule has 2 nitrogen and oxygen atoms in total. The van der Waals surface area contributed by atoms with Crippen LogP contribution < -0.4 is 5.73 Å². The van der Waals surface area contributed by atoms with Gasteiger partial charge in [-0.25, -0.2) is 0 Å². The molecule has 0 aliphatic heterocycles. The fourth-order valence-electron chi connectivity index (χ4n) is 2.29. The Morgan fingerprint density at radius 1 is 1.11 bits per heavy atom. The van der Waals surface area contributed by atoms with Crippen LogP contribution in [-0.4, -0.2) is 12.3 Å². The number of fused-ring (bicyclic) bond motifs is 1. The Morgan fingerprint density at radius 2 is 1.89 bits per heavy atom. The van der Waals surface area contributed by atoms with Crippen LogP contribution in [0.1, 0.15) is 37.7 Å². The van der Waals surface area contributed by atoms with E-state index in [9.17, 15) is 4.79 Å². The largest absolute Gasteiger partial charge is 0.330 e. The van der Waals surface area contributed by atoms with Gasteiger partial charge in [-0.1, -0.05) is 31.0 Å². The van der Waals surface area contributed by atoms with Gasteiger partial charge in [-0.2, -0.15) is 0 Å². The second kappa shape index (κ2) is 7.41. The predicted octanol–water partition coefficient (Wildman–Crippen LogP) is 3.92. The molecule has 0 fully saturated rings. The van der Waals surface area contributed by atoms with Crippen LogP contribution in [0.2, 0.25) is 0 Å². The highest BCUT2D eigenvalue weighted by Crippen LogP contribution is 2.26. The lowest BCUT2D eigenvalue weighted by Gasteiger charge is -2.01. The molecule has 0 spiro atoms. The zero-order chi connectivity index (χ0) is 13.5. The van der Waals surface area contributed by atoms with Gasteiger partial charge in [0.1, 0.15) is 5.78 Å². The van der Waals surface area contributed by atoms with Crippen LogP contribution in [0.3, 0.4) is 0 Å². The van der Waals surface area contributed by atoms with Crippen molar-refractivity contribution in [2.45, 2.75) is 38.5 Å². The van der Waals surface area contributed by atoms with Crippen molar-refractivity contribution in [2.75, 3.05) is 6.54 Å². The van der Waals surface area contributed by atoms with Crippen molar-refractivity contribution < 1.29 is 4.79 Å². The second-order valence-corrected chi connectivity index (χ2v) is 5.84. The van der Waals surface area contributed by atoms with Crippen LogP contribution in [0.4, 0.5) is 0 Å². The molecule has 19 heavy (non-hydrogen) atoms. The molecule has 0 aliphatic rings. The third-order valence-electron chi connectivity index (χ3n) is 3.36. The molecule has 3 heteroatoms. The van der Waals surface area contributed by atoms with Crippen LogP contribution >= 0.6 is 11.3 Å². The van der Waals surface area contributed by atoms with Gasteiger partial charge >= 0.3 is 0 Å². The first-order chi connectivity index (χ1) is 9.31. The van der Waals surface area contributed by atoms with E-state index >= 15 is 0 Å². The SMILES string of the molecule is NCCCCCCC(=O)Cc1csc2ccccc12. The first kappa shape index (κ1) is 14.2. The molecule has 0 saturated heterocycles. The van der Waals surface area contributed by atoms with Crippen molar-refractivity contribution in [1.29, 1.82) is 0 Å². The van der Waals surface area contributed by atoms with Crippen LogP contribution in [0.5, 0.6) is 0 Å². The molecule has 2 aromatic rings. The average molecular weight is 275 g/mol. The van der Waals surface area contributed by atoms with Gasteiger partial charge < -0.3 is 5.73 Å². The summed E-state index contributed by atoms with van der Waals surface area (Å²) in [6.45, 7) is 0.759. The number of hydrogen-bond donors (Lipinski definition) is 1. The lowest BCUT2D eigenvalue weighted by Crippen LogP contribution is -2.02. The molecule has 1 heterocycles. The first-order valence-corrected chi connectivity index (χ1v) is 7.86. The van der Waals surface area contributed by atoms with Crippen molar-refractivity contribution >= 4 is 27.2 Å². The Morgan fingerprint density at radius 3 is 2.74 bits per heavy atom. The zero-order valence-electron chi connectivity index (χ0n) is 11.2. The molecule has 0 saturated carbocycles. The molecule has 102 valence electrons. The number of hydrogen-bond acceptors (Lipinski definition) is 3. The molecular formula is C16H21NOS. The normalized spacial score (nSPS) is 11.0. The summed E-state index contributed by atoms with van der Waals surface area (Å²) < 4.78 is 1.27. The van der Waals surface area contributed by atoms with Crippen LogP contribution in [0.25, 0.3) is 10.1 Å². The molecule has 1 aromatic carbocycles. The van der Waals surface area contributed by atoms with Crippen molar-refractivity contribution in [3.63, 3.8) is 0 Å². The minimum absolute atomic E-state index is 0.358. The van der Waals surface area contributed by atoms with Crippen LogP contribution in [0.15, 0.2) is 29.6 Å². The van der Waals surface area contributed by atoms with Crippen LogP contribution in [-0.2, 0) is 11.2 Å². The molecule has 1 aromatic heterocycles. The average Bonchev–Trinajstić information content (AvgIpc) is 2.82. The molecule has 2 rings (SSSR count). The number of unbranched alkanes of at least 4 members (excludes halogenated alkanes) is 3. The molecule has 0 amide bonds. The molecule has 2 N–H and O–H groups in total. The maximum Gasteiger partial charge on any atom is 0.137 e. The Labute approximate surface area is 118 Å². The van der Waals surface area contributed by atoms with Crippen molar-refractivity contribution in [3.05, 3.63) is 35.2 Å². The maximum atomic E-state index is 12.0. The number of rotatable bonds is 8. The van der Waals surface area contributed by atoms with E-state index in [2.05, 4.69) is 17.5 Å². The minimum Gasteiger partial charge on any atom is -0.330 e. The summed E-state index contributed by atoms with van der Waals surface area (Å²) in [5.74, 6) is 0.358. The second-order valence-electron chi connectivity index (χ2n) is 4.93. The third-order valence-corrected chi connectivity index (χ3v) is 4.37. The van der Waals surface area contributed by atoms with Gasteiger partial charge in [0, 0.05) is 17.5 Å².